The minimum absolute atomic E-state index is 0.0322. The van der Waals surface area contributed by atoms with Gasteiger partial charge < -0.3 is 19.4 Å². The molecule has 9 nitrogen and oxygen atoms in total. The lowest BCUT2D eigenvalue weighted by molar-refractivity contribution is -0.870. The number of nitrogens with zero attached hydrogens (tertiary/aromatic N) is 1. The smallest absolute Gasteiger partial charge is 0.456 e. The standard InChI is InChI=1S/C77H137N2O7P/c1-7-10-13-16-19-22-25-28-30-32-34-36-38-39-41-42-44-46-48-51-54-57-60-63-66-69-76(80)78-74(73-85-87(82,83)84-72-71-79(4,5)6)75(68-65-62-59-56-53-50-27-24-21-18-15-12-9-3)86-77(81)70-67-64-61-58-55-52-49-47-45-43-40-37-35-33-31-29-26-23-20-17-14-11-8-2/h19-20,22-23,28-31,34-37,39,41,43,45,65,68,74-75H,7-18,21,24-27,32-33,38,40,42,44,46-64,66-67,69-73H2,1-6H3,(H-,78,80,82,83)/p+1/b22-19-,23-20-,30-28-,31-29-,36-34-,37-35-,41-39-,45-43-,68-65+. The van der Waals surface area contributed by atoms with E-state index < -0.39 is 20.0 Å². The molecule has 0 rings (SSSR count). The number of phosphoric acid groups is 1. The first-order chi connectivity index (χ1) is 42.4. The molecule has 0 bridgehead atoms. The third-order valence-electron chi connectivity index (χ3n) is 15.7. The zero-order valence-electron chi connectivity index (χ0n) is 57.5. The number of allylic oxidation sites excluding steroid dienone is 17. The van der Waals surface area contributed by atoms with Crippen molar-refractivity contribution in [2.24, 2.45) is 0 Å². The minimum atomic E-state index is -4.47. The Labute approximate surface area is 538 Å². The highest BCUT2D eigenvalue weighted by molar-refractivity contribution is 7.47. The van der Waals surface area contributed by atoms with Gasteiger partial charge in [-0.3, -0.25) is 18.6 Å². The number of carbonyl (C=O) groups excluding carboxylic acids is 2. The first-order valence-electron chi connectivity index (χ1n) is 36.2. The van der Waals surface area contributed by atoms with Crippen LogP contribution in [0.1, 0.15) is 316 Å². The van der Waals surface area contributed by atoms with Gasteiger partial charge >= 0.3 is 13.8 Å². The largest absolute Gasteiger partial charge is 0.472 e. The molecule has 2 N–H and O–H groups in total. The number of rotatable bonds is 65. The van der Waals surface area contributed by atoms with Crippen LogP contribution in [-0.2, 0) is 27.9 Å². The van der Waals surface area contributed by atoms with Crippen LogP contribution in [-0.4, -0.2) is 74.3 Å². The molecule has 10 heteroatoms. The quantitative estimate of drug-likeness (QED) is 0.0205. The van der Waals surface area contributed by atoms with Crippen LogP contribution in [0.25, 0.3) is 0 Å². The van der Waals surface area contributed by atoms with E-state index in [1.54, 1.807) is 0 Å². The van der Waals surface area contributed by atoms with Gasteiger partial charge in [-0.05, 0) is 122 Å². The topological polar surface area (TPSA) is 111 Å². The molecule has 0 aliphatic rings. The molecular formula is C77H138N2O7P+. The monoisotopic (exact) mass is 1230 g/mol. The first-order valence-corrected chi connectivity index (χ1v) is 37.7. The van der Waals surface area contributed by atoms with E-state index in [2.05, 4.69) is 123 Å². The second-order valence-corrected chi connectivity index (χ2v) is 26.9. The molecule has 0 aromatic rings. The number of likely N-dealkylation sites (N-methyl/N-ethyl adjacent to an activating group) is 1. The van der Waals surface area contributed by atoms with Crippen LogP contribution in [0.2, 0.25) is 0 Å². The molecule has 502 valence electrons. The molecule has 0 heterocycles. The van der Waals surface area contributed by atoms with E-state index in [4.69, 9.17) is 13.8 Å². The Morgan fingerprint density at radius 3 is 1.07 bits per heavy atom. The van der Waals surface area contributed by atoms with Crippen LogP contribution in [0.3, 0.4) is 0 Å². The van der Waals surface area contributed by atoms with Crippen LogP contribution in [0.4, 0.5) is 0 Å². The van der Waals surface area contributed by atoms with Gasteiger partial charge in [-0.25, -0.2) is 4.57 Å². The van der Waals surface area contributed by atoms with E-state index >= 15 is 0 Å². The summed E-state index contributed by atoms with van der Waals surface area (Å²) in [5.41, 5.74) is 0. The second kappa shape index (κ2) is 65.6. The van der Waals surface area contributed by atoms with Gasteiger partial charge in [0.25, 0.3) is 0 Å². The van der Waals surface area contributed by atoms with Gasteiger partial charge in [0.05, 0.1) is 33.8 Å². The Hall–Kier alpha value is -3.33. The van der Waals surface area contributed by atoms with E-state index in [1.807, 2.05) is 33.3 Å². The lowest BCUT2D eigenvalue weighted by Gasteiger charge is -2.27. The maximum Gasteiger partial charge on any atom is 0.472 e. The van der Waals surface area contributed by atoms with Crippen molar-refractivity contribution in [1.29, 1.82) is 0 Å². The zero-order valence-corrected chi connectivity index (χ0v) is 58.4. The number of carbonyl (C=O) groups is 2. The Morgan fingerprint density at radius 2 is 0.701 bits per heavy atom. The average molecular weight is 1230 g/mol. The maximum absolute atomic E-state index is 13.6. The third-order valence-corrected chi connectivity index (χ3v) is 16.7. The van der Waals surface area contributed by atoms with Crippen LogP contribution in [0.5, 0.6) is 0 Å². The van der Waals surface area contributed by atoms with Crippen molar-refractivity contribution in [2.75, 3.05) is 40.9 Å². The number of ether oxygens (including phenoxy) is 1. The van der Waals surface area contributed by atoms with Crippen LogP contribution < -0.4 is 5.32 Å². The number of esters is 1. The summed E-state index contributed by atoms with van der Waals surface area (Å²) in [6.45, 7) is 6.96. The average Bonchev–Trinajstić information content (AvgIpc) is 3.70. The molecule has 0 aromatic carbocycles. The van der Waals surface area contributed by atoms with Crippen molar-refractivity contribution in [1.82, 2.24) is 5.32 Å². The Kier molecular flexibility index (Phi) is 63.1. The van der Waals surface area contributed by atoms with Gasteiger partial charge in [0.15, 0.2) is 0 Å². The van der Waals surface area contributed by atoms with Gasteiger partial charge in [0.2, 0.25) is 5.91 Å². The lowest BCUT2D eigenvalue weighted by atomic mass is 10.0. The summed E-state index contributed by atoms with van der Waals surface area (Å²) in [5, 5.41) is 3.07. The summed E-state index contributed by atoms with van der Waals surface area (Å²) < 4.78 is 30.9. The maximum atomic E-state index is 13.6. The molecule has 0 aliphatic heterocycles. The Balaban J connectivity index is 5.15. The first kappa shape index (κ1) is 83.7. The highest BCUT2D eigenvalue weighted by Crippen LogP contribution is 2.43. The van der Waals surface area contributed by atoms with E-state index in [0.717, 1.165) is 122 Å². The number of phosphoric ester groups is 1. The summed E-state index contributed by atoms with van der Waals surface area (Å²) in [5.74, 6) is -0.522. The molecule has 1 amide bonds. The van der Waals surface area contributed by atoms with Crippen molar-refractivity contribution in [3.05, 3.63) is 109 Å². The number of hydrogen-bond donors (Lipinski definition) is 2. The van der Waals surface area contributed by atoms with Crippen molar-refractivity contribution >= 4 is 19.7 Å². The molecule has 0 fully saturated rings. The molecule has 0 spiro atoms. The van der Waals surface area contributed by atoms with E-state index in [0.29, 0.717) is 17.4 Å². The molecule has 0 saturated carbocycles. The van der Waals surface area contributed by atoms with E-state index in [-0.39, 0.29) is 31.5 Å². The molecule has 3 atom stereocenters. The summed E-state index contributed by atoms with van der Waals surface area (Å²) in [4.78, 5) is 38.0. The van der Waals surface area contributed by atoms with Gasteiger partial charge in [-0.15, -0.1) is 0 Å². The SMILES string of the molecule is CCCCC/C=C\C/C=C\C/C=C\C/C=C\CCCCCCCCCCCC(=O)NC(COP(=O)(O)OCC[N+](C)(C)C)C(/C=C/CCCCCCCCCCCCC)OC(=O)CCCCCCCCC/C=C\C/C=C\C/C=C\C/C=C\CCCCC. The van der Waals surface area contributed by atoms with E-state index in [9.17, 15) is 19.0 Å². The fourth-order valence-electron chi connectivity index (χ4n) is 10.1. The van der Waals surface area contributed by atoms with Crippen molar-refractivity contribution in [2.45, 2.75) is 328 Å². The fraction of sp³-hybridized carbons (Fsp3) is 0.740. The van der Waals surface area contributed by atoms with Gasteiger partial charge in [0.1, 0.15) is 19.3 Å². The van der Waals surface area contributed by atoms with Gasteiger partial charge in [-0.1, -0.05) is 291 Å². The number of amides is 1. The predicted octanol–water partition coefficient (Wildman–Crippen LogP) is 23.2. The summed E-state index contributed by atoms with van der Waals surface area (Å²) in [6, 6.07) is -0.865. The zero-order chi connectivity index (χ0) is 63.5. The lowest BCUT2D eigenvalue weighted by Crippen LogP contribution is -2.47. The molecule has 87 heavy (non-hydrogen) atoms. The third kappa shape index (κ3) is 66.9. The van der Waals surface area contributed by atoms with Crippen molar-refractivity contribution in [3.63, 3.8) is 0 Å². The summed E-state index contributed by atoms with van der Waals surface area (Å²) >= 11 is 0. The Bertz CT molecular complexity index is 1860. The highest BCUT2D eigenvalue weighted by Gasteiger charge is 2.30. The number of nitrogens with one attached hydrogen (secondary N) is 1. The normalized spacial score (nSPS) is 14.1. The summed E-state index contributed by atoms with van der Waals surface area (Å²) in [7, 11) is 1.48. The van der Waals surface area contributed by atoms with E-state index in [1.165, 1.54) is 161 Å². The Morgan fingerprint density at radius 1 is 0.402 bits per heavy atom. The van der Waals surface area contributed by atoms with Crippen molar-refractivity contribution < 1.29 is 37.3 Å². The highest BCUT2D eigenvalue weighted by atomic mass is 31.2. The van der Waals surface area contributed by atoms with Gasteiger partial charge in [0, 0.05) is 12.8 Å². The number of unbranched alkanes of at least 4 members (excludes halogenated alkanes) is 33. The van der Waals surface area contributed by atoms with Crippen molar-refractivity contribution in [3.8, 4) is 0 Å². The molecular weight excluding hydrogens is 1100 g/mol. The van der Waals surface area contributed by atoms with Crippen LogP contribution in [0.15, 0.2) is 109 Å². The van der Waals surface area contributed by atoms with Gasteiger partial charge in [-0.2, -0.15) is 0 Å². The van der Waals surface area contributed by atoms with Crippen LogP contribution in [0, 0.1) is 0 Å². The molecule has 0 aromatic heterocycles. The molecule has 3 unspecified atom stereocenters. The summed E-state index contributed by atoms with van der Waals surface area (Å²) in [6.07, 6.45) is 90.9. The van der Waals surface area contributed by atoms with Crippen LogP contribution >= 0.6 is 7.82 Å². The fourth-order valence-corrected chi connectivity index (χ4v) is 10.8. The second-order valence-electron chi connectivity index (χ2n) is 25.4. The minimum Gasteiger partial charge on any atom is -0.456 e. The number of quaternary nitrogens is 1. The predicted molar refractivity (Wildman–Crippen MR) is 378 cm³/mol. The molecule has 0 saturated heterocycles. The number of hydrogen-bond acceptors (Lipinski definition) is 6. The molecule has 0 aliphatic carbocycles. The molecule has 0 radical (unpaired) electrons.